The van der Waals surface area contributed by atoms with E-state index in [-0.39, 0.29) is 0 Å². The molecule has 0 unspecified atom stereocenters. The minimum Gasteiger partial charge on any atom is -0.496 e. The summed E-state index contributed by atoms with van der Waals surface area (Å²) in [5.74, 6) is 0.869. The molecular weight excluding hydrogens is 342 g/mol. The second kappa shape index (κ2) is 8.86. The minimum atomic E-state index is -0.682. The number of ether oxygens (including phenoxy) is 2. The van der Waals surface area contributed by atoms with Crippen molar-refractivity contribution in [2.45, 2.75) is 31.2 Å². The predicted octanol–water partition coefficient (Wildman–Crippen LogP) is 2.52. The van der Waals surface area contributed by atoms with Crippen LogP contribution in [0.1, 0.15) is 29.9 Å². The van der Waals surface area contributed by atoms with E-state index in [2.05, 4.69) is 34.1 Å². The lowest BCUT2D eigenvalue weighted by atomic mass is 9.88. The van der Waals surface area contributed by atoms with Gasteiger partial charge in [-0.25, -0.2) is 0 Å². The van der Waals surface area contributed by atoms with Crippen molar-refractivity contribution >= 4 is 11.7 Å². The van der Waals surface area contributed by atoms with Crippen LogP contribution in [0.5, 0.6) is 5.75 Å². The first-order valence-electron chi connectivity index (χ1n) is 9.27. The zero-order chi connectivity index (χ0) is 19.2. The molecule has 2 aromatic rings. The summed E-state index contributed by atoms with van der Waals surface area (Å²) in [7, 11) is 3.00. The number of carbonyl (C=O) groups excluding carboxylic acids is 1. The standard InChI is InChI=1S/C21H27N3O3/c1-26-20-14-16(3-4-17(20)13-19(22)21(25)27-2)15-7-11-24(12-8-15)18-5-9-23-10-6-18/h3-6,9-10,14-15,19H,7-8,11-13,22H2,1-2H3/t19-/m1/s1. The largest absolute Gasteiger partial charge is 0.496 e. The Bertz CT molecular complexity index is 759. The Morgan fingerprint density at radius 1 is 1.22 bits per heavy atom. The van der Waals surface area contributed by atoms with E-state index in [0.717, 1.165) is 37.2 Å². The topological polar surface area (TPSA) is 77.7 Å². The summed E-state index contributed by atoms with van der Waals surface area (Å²) in [4.78, 5) is 18.1. The molecule has 0 spiro atoms. The average molecular weight is 369 g/mol. The van der Waals surface area contributed by atoms with Gasteiger partial charge in [-0.05, 0) is 48.1 Å². The van der Waals surface area contributed by atoms with Gasteiger partial charge < -0.3 is 20.1 Å². The van der Waals surface area contributed by atoms with E-state index in [1.54, 1.807) is 7.11 Å². The number of nitrogens with zero attached hydrogens (tertiary/aromatic N) is 2. The zero-order valence-electron chi connectivity index (χ0n) is 15.9. The maximum atomic E-state index is 11.6. The third-order valence-corrected chi connectivity index (χ3v) is 5.25. The molecule has 1 fully saturated rings. The van der Waals surface area contributed by atoms with E-state index < -0.39 is 12.0 Å². The molecule has 1 saturated heterocycles. The Hall–Kier alpha value is -2.60. The average Bonchev–Trinajstić information content (AvgIpc) is 2.74. The van der Waals surface area contributed by atoms with Crippen LogP contribution in [-0.4, -0.2) is 44.3 Å². The molecule has 144 valence electrons. The third kappa shape index (κ3) is 4.57. The van der Waals surface area contributed by atoms with Crippen LogP contribution in [0.25, 0.3) is 0 Å². The Labute approximate surface area is 160 Å². The van der Waals surface area contributed by atoms with Gasteiger partial charge in [0.1, 0.15) is 11.8 Å². The molecule has 1 aliphatic heterocycles. The fourth-order valence-electron chi connectivity index (χ4n) is 3.68. The fraction of sp³-hybridized carbons (Fsp3) is 0.429. The summed E-state index contributed by atoms with van der Waals surface area (Å²) in [6.45, 7) is 2.04. The van der Waals surface area contributed by atoms with Crippen LogP contribution in [0, 0.1) is 0 Å². The second-order valence-electron chi connectivity index (χ2n) is 6.87. The summed E-state index contributed by atoms with van der Waals surface area (Å²) < 4.78 is 10.3. The molecule has 1 atom stereocenters. The summed E-state index contributed by atoms with van der Waals surface area (Å²) >= 11 is 0. The highest BCUT2D eigenvalue weighted by molar-refractivity contribution is 5.75. The van der Waals surface area contributed by atoms with Gasteiger partial charge in [0.25, 0.3) is 0 Å². The van der Waals surface area contributed by atoms with Gasteiger partial charge in [-0.2, -0.15) is 0 Å². The van der Waals surface area contributed by atoms with E-state index in [1.807, 2.05) is 18.5 Å². The van der Waals surface area contributed by atoms with Crippen molar-refractivity contribution in [2.75, 3.05) is 32.2 Å². The fourth-order valence-corrected chi connectivity index (χ4v) is 3.68. The van der Waals surface area contributed by atoms with Crippen LogP contribution >= 0.6 is 0 Å². The number of methoxy groups -OCH3 is 2. The van der Waals surface area contributed by atoms with Crippen LogP contribution in [0.3, 0.4) is 0 Å². The second-order valence-corrected chi connectivity index (χ2v) is 6.87. The van der Waals surface area contributed by atoms with Gasteiger partial charge in [-0.15, -0.1) is 0 Å². The van der Waals surface area contributed by atoms with Gasteiger partial charge in [0.15, 0.2) is 0 Å². The molecule has 2 heterocycles. The van der Waals surface area contributed by atoms with E-state index in [9.17, 15) is 4.79 Å². The lowest BCUT2D eigenvalue weighted by Crippen LogP contribution is -2.34. The molecule has 3 rings (SSSR count). The summed E-state index contributed by atoms with van der Waals surface area (Å²) in [5.41, 5.74) is 9.32. The van der Waals surface area contributed by atoms with Gasteiger partial charge in [0.05, 0.1) is 14.2 Å². The lowest BCUT2D eigenvalue weighted by molar-refractivity contribution is -0.142. The molecule has 1 aliphatic rings. The Balaban J connectivity index is 1.66. The zero-order valence-corrected chi connectivity index (χ0v) is 15.9. The van der Waals surface area contributed by atoms with E-state index in [4.69, 9.17) is 15.2 Å². The van der Waals surface area contributed by atoms with E-state index >= 15 is 0 Å². The van der Waals surface area contributed by atoms with Crippen molar-refractivity contribution < 1.29 is 14.3 Å². The first-order chi connectivity index (χ1) is 13.1. The normalized spacial score (nSPS) is 16.0. The molecule has 2 N–H and O–H groups in total. The van der Waals surface area contributed by atoms with Crippen LogP contribution < -0.4 is 15.4 Å². The highest BCUT2D eigenvalue weighted by atomic mass is 16.5. The highest BCUT2D eigenvalue weighted by Gasteiger charge is 2.23. The molecule has 0 saturated carbocycles. The summed E-state index contributed by atoms with van der Waals surface area (Å²) in [5, 5.41) is 0. The van der Waals surface area contributed by atoms with Crippen molar-refractivity contribution in [2.24, 2.45) is 5.73 Å². The monoisotopic (exact) mass is 369 g/mol. The van der Waals surface area contributed by atoms with Crippen LogP contribution in [0.2, 0.25) is 0 Å². The number of pyridine rings is 1. The number of hydrogen-bond acceptors (Lipinski definition) is 6. The Kier molecular flexibility index (Phi) is 6.29. The number of anilines is 1. The number of carbonyl (C=O) groups is 1. The molecule has 0 amide bonds. The summed E-state index contributed by atoms with van der Waals surface area (Å²) in [6, 6.07) is 9.68. The summed E-state index contributed by atoms with van der Waals surface area (Å²) in [6.07, 6.45) is 6.25. The first kappa shape index (κ1) is 19.2. The van der Waals surface area contributed by atoms with E-state index in [1.165, 1.54) is 18.4 Å². The molecule has 1 aromatic carbocycles. The van der Waals surface area contributed by atoms with Gasteiger partial charge in [-0.1, -0.05) is 12.1 Å². The predicted molar refractivity (Wildman–Crippen MR) is 105 cm³/mol. The van der Waals surface area contributed by atoms with Crippen molar-refractivity contribution in [3.05, 3.63) is 53.9 Å². The lowest BCUT2D eigenvalue weighted by Gasteiger charge is -2.34. The maximum Gasteiger partial charge on any atom is 0.322 e. The number of aromatic nitrogens is 1. The highest BCUT2D eigenvalue weighted by Crippen LogP contribution is 2.33. The van der Waals surface area contributed by atoms with Gasteiger partial charge >= 0.3 is 5.97 Å². The molecule has 1 aromatic heterocycles. The number of piperidine rings is 1. The molecular formula is C21H27N3O3. The molecule has 0 aliphatic carbocycles. The molecule has 27 heavy (non-hydrogen) atoms. The van der Waals surface area contributed by atoms with Crippen molar-refractivity contribution in [3.8, 4) is 5.75 Å². The first-order valence-corrected chi connectivity index (χ1v) is 9.27. The van der Waals surface area contributed by atoms with Crippen LogP contribution in [-0.2, 0) is 16.0 Å². The Morgan fingerprint density at radius 2 is 1.93 bits per heavy atom. The molecule has 0 bridgehead atoms. The Morgan fingerprint density at radius 3 is 2.56 bits per heavy atom. The SMILES string of the molecule is COC(=O)[C@H](N)Cc1ccc(C2CCN(c3ccncc3)CC2)cc1OC. The number of hydrogen-bond donors (Lipinski definition) is 1. The van der Waals surface area contributed by atoms with Crippen LogP contribution in [0.15, 0.2) is 42.7 Å². The smallest absolute Gasteiger partial charge is 0.322 e. The third-order valence-electron chi connectivity index (χ3n) is 5.25. The number of rotatable bonds is 6. The molecule has 0 radical (unpaired) electrons. The molecule has 6 nitrogen and oxygen atoms in total. The minimum absolute atomic E-state index is 0.399. The number of esters is 1. The van der Waals surface area contributed by atoms with Crippen molar-refractivity contribution in [1.82, 2.24) is 4.98 Å². The van der Waals surface area contributed by atoms with Crippen molar-refractivity contribution in [1.29, 1.82) is 0 Å². The number of benzene rings is 1. The van der Waals surface area contributed by atoms with Gasteiger partial charge in [0.2, 0.25) is 0 Å². The van der Waals surface area contributed by atoms with Crippen molar-refractivity contribution in [3.63, 3.8) is 0 Å². The maximum absolute atomic E-state index is 11.6. The molecule has 6 heteroatoms. The quantitative estimate of drug-likeness (QED) is 0.789. The van der Waals surface area contributed by atoms with E-state index in [0.29, 0.717) is 12.3 Å². The van der Waals surface area contributed by atoms with Gasteiger partial charge in [0, 0.05) is 37.6 Å². The van der Waals surface area contributed by atoms with Crippen LogP contribution in [0.4, 0.5) is 5.69 Å². The van der Waals surface area contributed by atoms with Gasteiger partial charge in [-0.3, -0.25) is 9.78 Å². The number of nitrogens with two attached hydrogens (primary N) is 1.